The van der Waals surface area contributed by atoms with Crippen LogP contribution >= 0.6 is 0 Å². The molecule has 2 rings (SSSR count). The molecule has 1 amide bonds. The van der Waals surface area contributed by atoms with Gasteiger partial charge in [-0.1, -0.05) is 12.1 Å². The van der Waals surface area contributed by atoms with Crippen molar-refractivity contribution in [2.75, 3.05) is 6.61 Å². The Hall–Kier alpha value is -2.35. The number of aryl methyl sites for hydroxylation is 1. The average Bonchev–Trinajstić information content (AvgIpc) is 2.99. The van der Waals surface area contributed by atoms with Crippen LogP contribution in [0.2, 0.25) is 0 Å². The van der Waals surface area contributed by atoms with Crippen LogP contribution in [0.4, 0.5) is 4.39 Å². The van der Waals surface area contributed by atoms with Crippen LogP contribution in [0.3, 0.4) is 0 Å². The Morgan fingerprint density at radius 3 is 2.76 bits per heavy atom. The summed E-state index contributed by atoms with van der Waals surface area (Å²) < 4.78 is 14.4. The lowest BCUT2D eigenvalue weighted by Crippen LogP contribution is -2.30. The quantitative estimate of drug-likeness (QED) is 0.773. The van der Waals surface area contributed by atoms with Gasteiger partial charge in [-0.25, -0.2) is 9.07 Å². The number of hydrogen-bond acceptors (Lipinski definition) is 5. The van der Waals surface area contributed by atoms with Gasteiger partial charge in [0.25, 0.3) is 0 Å². The molecule has 0 spiro atoms. The minimum Gasteiger partial charge on any atom is -0.394 e. The maximum atomic E-state index is 12.8. The number of benzene rings is 1. The Morgan fingerprint density at radius 1 is 1.38 bits per heavy atom. The van der Waals surface area contributed by atoms with Gasteiger partial charge in [-0.2, -0.15) is 0 Å². The molecule has 8 heteroatoms. The molecule has 0 bridgehead atoms. The number of nitrogens with one attached hydrogen (secondary N) is 1. The van der Waals surface area contributed by atoms with Crippen molar-refractivity contribution in [3.8, 4) is 0 Å². The van der Waals surface area contributed by atoms with E-state index in [2.05, 4.69) is 20.8 Å². The smallest absolute Gasteiger partial charge is 0.220 e. The molecular weight excluding hydrogens is 277 g/mol. The van der Waals surface area contributed by atoms with Gasteiger partial charge in [0, 0.05) is 13.0 Å². The first-order valence-electron chi connectivity index (χ1n) is 6.55. The van der Waals surface area contributed by atoms with E-state index in [1.165, 1.54) is 35.3 Å². The summed E-state index contributed by atoms with van der Waals surface area (Å²) in [5.74, 6) is -0.547. The van der Waals surface area contributed by atoms with Gasteiger partial charge >= 0.3 is 0 Å². The lowest BCUT2D eigenvalue weighted by molar-refractivity contribution is -0.122. The molecule has 0 aliphatic rings. The Balaban J connectivity index is 1.80. The zero-order valence-corrected chi connectivity index (χ0v) is 11.3. The van der Waals surface area contributed by atoms with E-state index in [9.17, 15) is 14.3 Å². The summed E-state index contributed by atoms with van der Waals surface area (Å²) in [5, 5.41) is 22.7. The minimum absolute atomic E-state index is 0.188. The van der Waals surface area contributed by atoms with Crippen molar-refractivity contribution in [3.63, 3.8) is 0 Å². The number of carbonyl (C=O) groups is 1. The number of rotatable bonds is 7. The van der Waals surface area contributed by atoms with Crippen LogP contribution in [0.1, 0.15) is 24.4 Å². The van der Waals surface area contributed by atoms with E-state index < -0.39 is 6.04 Å². The van der Waals surface area contributed by atoms with E-state index in [0.717, 1.165) is 0 Å². The fourth-order valence-corrected chi connectivity index (χ4v) is 1.88. The fourth-order valence-electron chi connectivity index (χ4n) is 1.88. The second kappa shape index (κ2) is 7.44. The number of hydrogen-bond donors (Lipinski definition) is 2. The van der Waals surface area contributed by atoms with Crippen LogP contribution in [0.5, 0.6) is 0 Å². The van der Waals surface area contributed by atoms with Crippen molar-refractivity contribution in [2.24, 2.45) is 0 Å². The van der Waals surface area contributed by atoms with Crippen LogP contribution in [0.15, 0.2) is 30.6 Å². The van der Waals surface area contributed by atoms with Crippen molar-refractivity contribution in [3.05, 3.63) is 42.0 Å². The van der Waals surface area contributed by atoms with Crippen LogP contribution in [0.25, 0.3) is 0 Å². The van der Waals surface area contributed by atoms with Crippen molar-refractivity contribution in [1.82, 2.24) is 25.5 Å². The Bertz CT molecular complexity index is 558. The Kier molecular flexibility index (Phi) is 5.33. The molecule has 0 fully saturated rings. The molecule has 7 nitrogen and oxygen atoms in total. The molecule has 0 radical (unpaired) electrons. The predicted molar refractivity (Wildman–Crippen MR) is 71.4 cm³/mol. The van der Waals surface area contributed by atoms with E-state index in [1.807, 2.05) is 0 Å². The highest BCUT2D eigenvalue weighted by Gasteiger charge is 2.13. The van der Waals surface area contributed by atoms with Gasteiger partial charge in [0.15, 0.2) is 0 Å². The lowest BCUT2D eigenvalue weighted by atomic mass is 10.1. The summed E-state index contributed by atoms with van der Waals surface area (Å²) in [6, 6.07) is 5.13. The summed E-state index contributed by atoms with van der Waals surface area (Å²) in [6.07, 6.45) is 2.35. The Labute approximate surface area is 120 Å². The molecule has 21 heavy (non-hydrogen) atoms. The topological polar surface area (TPSA) is 92.9 Å². The Morgan fingerprint density at radius 2 is 2.14 bits per heavy atom. The summed E-state index contributed by atoms with van der Waals surface area (Å²) >= 11 is 0. The molecule has 0 aliphatic carbocycles. The molecule has 2 N–H and O–H groups in total. The van der Waals surface area contributed by atoms with E-state index in [-0.39, 0.29) is 24.8 Å². The summed E-state index contributed by atoms with van der Waals surface area (Å²) in [4.78, 5) is 11.8. The van der Waals surface area contributed by atoms with Gasteiger partial charge in [-0.15, -0.1) is 5.10 Å². The zero-order valence-electron chi connectivity index (χ0n) is 11.3. The van der Waals surface area contributed by atoms with Crippen molar-refractivity contribution < 1.29 is 14.3 Å². The van der Waals surface area contributed by atoms with Crippen molar-refractivity contribution in [2.45, 2.75) is 25.4 Å². The van der Waals surface area contributed by atoms with E-state index >= 15 is 0 Å². The molecular formula is C13H16FN5O2. The third-order valence-corrected chi connectivity index (χ3v) is 2.97. The molecule has 1 heterocycles. The molecule has 1 atom stereocenters. The SMILES string of the molecule is O=C(CCCn1cnnn1)N[C@H](CO)c1ccc(F)cc1. The molecule has 2 aromatic rings. The number of nitrogens with zero attached hydrogens (tertiary/aromatic N) is 4. The second-order valence-corrected chi connectivity index (χ2v) is 4.53. The largest absolute Gasteiger partial charge is 0.394 e. The maximum Gasteiger partial charge on any atom is 0.220 e. The average molecular weight is 293 g/mol. The number of aliphatic hydroxyl groups is 1. The number of amides is 1. The number of aromatic nitrogens is 4. The number of halogens is 1. The molecule has 112 valence electrons. The standard InChI is InChI=1S/C13H16FN5O2/c14-11-5-3-10(4-6-11)12(8-20)16-13(21)2-1-7-19-9-15-17-18-19/h3-6,9,12,20H,1-2,7-8H2,(H,16,21)/t12-/m1/s1. The number of tetrazole rings is 1. The fraction of sp³-hybridized carbons (Fsp3) is 0.385. The third kappa shape index (κ3) is 4.60. The van der Waals surface area contributed by atoms with Gasteiger partial charge in [0.1, 0.15) is 12.1 Å². The first kappa shape index (κ1) is 15.0. The molecule has 0 saturated carbocycles. The molecule has 1 aromatic carbocycles. The highest BCUT2D eigenvalue weighted by molar-refractivity contribution is 5.76. The van der Waals surface area contributed by atoms with Gasteiger partial charge in [0.2, 0.25) is 5.91 Å². The summed E-state index contributed by atoms with van der Waals surface area (Å²) in [7, 11) is 0. The monoisotopic (exact) mass is 293 g/mol. The molecule has 1 aromatic heterocycles. The normalized spacial score (nSPS) is 12.1. The van der Waals surface area contributed by atoms with Crippen LogP contribution < -0.4 is 5.32 Å². The number of carbonyl (C=O) groups excluding carboxylic acids is 1. The lowest BCUT2D eigenvalue weighted by Gasteiger charge is -2.16. The summed E-state index contributed by atoms with van der Waals surface area (Å²) in [5.41, 5.74) is 0.660. The van der Waals surface area contributed by atoms with E-state index in [0.29, 0.717) is 18.5 Å². The summed E-state index contributed by atoms with van der Waals surface area (Å²) in [6.45, 7) is 0.297. The van der Waals surface area contributed by atoms with E-state index in [4.69, 9.17) is 0 Å². The molecule has 0 aliphatic heterocycles. The van der Waals surface area contributed by atoms with Crippen LogP contribution in [-0.2, 0) is 11.3 Å². The minimum atomic E-state index is -0.536. The van der Waals surface area contributed by atoms with Gasteiger partial charge in [0.05, 0.1) is 12.6 Å². The third-order valence-electron chi connectivity index (χ3n) is 2.97. The maximum absolute atomic E-state index is 12.8. The molecule has 0 unspecified atom stereocenters. The van der Waals surface area contributed by atoms with Gasteiger partial charge in [-0.05, 0) is 34.5 Å². The van der Waals surface area contributed by atoms with Gasteiger partial charge < -0.3 is 10.4 Å². The second-order valence-electron chi connectivity index (χ2n) is 4.53. The van der Waals surface area contributed by atoms with Crippen LogP contribution in [-0.4, -0.2) is 37.8 Å². The van der Waals surface area contributed by atoms with Crippen LogP contribution in [0, 0.1) is 5.82 Å². The van der Waals surface area contributed by atoms with E-state index in [1.54, 1.807) is 0 Å². The van der Waals surface area contributed by atoms with Crippen molar-refractivity contribution >= 4 is 5.91 Å². The predicted octanol–water partition coefficient (Wildman–Crippen LogP) is 0.442. The first-order chi connectivity index (χ1) is 10.2. The highest BCUT2D eigenvalue weighted by atomic mass is 19.1. The molecule has 0 saturated heterocycles. The van der Waals surface area contributed by atoms with Crippen molar-refractivity contribution in [1.29, 1.82) is 0 Å². The first-order valence-corrected chi connectivity index (χ1v) is 6.55. The number of aliphatic hydroxyl groups excluding tert-OH is 1. The highest BCUT2D eigenvalue weighted by Crippen LogP contribution is 2.13. The van der Waals surface area contributed by atoms with Gasteiger partial charge in [-0.3, -0.25) is 4.79 Å². The zero-order chi connectivity index (χ0) is 15.1.